The second-order valence-corrected chi connectivity index (χ2v) is 1.93. The Morgan fingerprint density at radius 3 is 2.00 bits per heavy atom. The lowest BCUT2D eigenvalue weighted by atomic mass is 10.3. The molecule has 2 unspecified atom stereocenters. The van der Waals surface area contributed by atoms with Crippen molar-refractivity contribution in [2.45, 2.75) is 46.1 Å². The van der Waals surface area contributed by atoms with Crippen molar-refractivity contribution < 1.29 is 9.13 Å². The molecule has 0 spiro atoms. The smallest absolute Gasteiger partial charge is 0.199 e. The monoisotopic (exact) mass is 134 g/mol. The van der Waals surface area contributed by atoms with Crippen LogP contribution >= 0.6 is 0 Å². The average Bonchev–Trinajstić information content (AvgIpc) is 2.20. The molecule has 56 valence electrons. The first-order valence-corrected chi connectivity index (χ1v) is 3.58. The molecule has 0 aromatic heterocycles. The molecule has 9 heavy (non-hydrogen) atoms. The maximum atomic E-state index is 12.0. The van der Waals surface area contributed by atoms with E-state index in [4.69, 9.17) is 4.74 Å². The molecule has 1 fully saturated rings. The van der Waals surface area contributed by atoms with Crippen LogP contribution in [0, 0.1) is 0 Å². The summed E-state index contributed by atoms with van der Waals surface area (Å²) in [5, 5.41) is 0. The van der Waals surface area contributed by atoms with E-state index in [-0.39, 0.29) is 6.10 Å². The largest absolute Gasteiger partial charge is 0.345 e. The second-order valence-electron chi connectivity index (χ2n) is 1.93. The van der Waals surface area contributed by atoms with Crippen molar-refractivity contribution >= 4 is 0 Å². The molecule has 0 bridgehead atoms. The summed E-state index contributed by atoms with van der Waals surface area (Å²) in [7, 11) is 0. The second kappa shape index (κ2) is 4.74. The van der Waals surface area contributed by atoms with Crippen molar-refractivity contribution in [3.8, 4) is 0 Å². The van der Waals surface area contributed by atoms with Crippen molar-refractivity contribution in [1.82, 2.24) is 0 Å². The predicted octanol–water partition coefficient (Wildman–Crippen LogP) is 2.51. The molecule has 0 aliphatic carbocycles. The Labute approximate surface area is 56.2 Å². The van der Waals surface area contributed by atoms with Gasteiger partial charge in [-0.25, -0.2) is 4.39 Å². The molecular formula is C7H15FO. The zero-order chi connectivity index (χ0) is 7.28. The van der Waals surface area contributed by atoms with Gasteiger partial charge in [-0.15, -0.1) is 0 Å². The van der Waals surface area contributed by atoms with Crippen molar-refractivity contribution in [2.24, 2.45) is 0 Å². The van der Waals surface area contributed by atoms with Gasteiger partial charge in [0, 0.05) is 6.42 Å². The van der Waals surface area contributed by atoms with Crippen LogP contribution in [0.2, 0.25) is 0 Å². The Balaban J connectivity index is 0.000000291. The van der Waals surface area contributed by atoms with E-state index in [2.05, 4.69) is 0 Å². The molecular weight excluding hydrogens is 119 g/mol. The van der Waals surface area contributed by atoms with Gasteiger partial charge in [-0.1, -0.05) is 13.8 Å². The molecule has 1 rings (SSSR count). The zero-order valence-electron chi connectivity index (χ0n) is 6.36. The highest BCUT2D eigenvalue weighted by Gasteiger charge is 2.19. The first kappa shape index (κ1) is 8.89. The Morgan fingerprint density at radius 1 is 1.33 bits per heavy atom. The molecule has 0 aromatic rings. The van der Waals surface area contributed by atoms with E-state index in [1.54, 1.807) is 0 Å². The van der Waals surface area contributed by atoms with Gasteiger partial charge in [-0.3, -0.25) is 0 Å². The lowest BCUT2D eigenvalue weighted by molar-refractivity contribution is -0.0265. The summed E-state index contributed by atoms with van der Waals surface area (Å²) in [6.07, 6.45) is 0.632. The minimum Gasteiger partial charge on any atom is -0.345 e. The van der Waals surface area contributed by atoms with Gasteiger partial charge >= 0.3 is 0 Å². The molecule has 1 aliphatic heterocycles. The number of alkyl halides is 1. The first-order chi connectivity index (χ1) is 4.29. The molecule has 0 aromatic carbocycles. The lowest BCUT2D eigenvalue weighted by Crippen LogP contribution is -2.00. The summed E-state index contributed by atoms with van der Waals surface area (Å²) in [6, 6.07) is 0. The molecule has 0 saturated carbocycles. The van der Waals surface area contributed by atoms with E-state index in [1.165, 1.54) is 0 Å². The summed E-state index contributed by atoms with van der Waals surface area (Å²) >= 11 is 0. The minimum atomic E-state index is -0.977. The summed E-state index contributed by atoms with van der Waals surface area (Å²) < 4.78 is 16.6. The maximum Gasteiger partial charge on any atom is 0.199 e. The van der Waals surface area contributed by atoms with Crippen LogP contribution in [0.3, 0.4) is 0 Å². The van der Waals surface area contributed by atoms with Gasteiger partial charge in [0.2, 0.25) is 0 Å². The van der Waals surface area contributed by atoms with Crippen molar-refractivity contribution in [1.29, 1.82) is 0 Å². The van der Waals surface area contributed by atoms with Gasteiger partial charge < -0.3 is 4.74 Å². The first-order valence-electron chi connectivity index (χ1n) is 3.58. The van der Waals surface area contributed by atoms with Crippen LogP contribution in [0.1, 0.15) is 33.6 Å². The SMILES string of the molecule is CC.CC1CCC(F)O1. The van der Waals surface area contributed by atoms with Gasteiger partial charge in [0.05, 0.1) is 6.10 Å². The fourth-order valence-corrected chi connectivity index (χ4v) is 0.754. The Morgan fingerprint density at radius 2 is 1.89 bits per heavy atom. The number of hydrogen-bond acceptors (Lipinski definition) is 1. The van der Waals surface area contributed by atoms with E-state index in [9.17, 15) is 4.39 Å². The van der Waals surface area contributed by atoms with Gasteiger partial charge in [0.25, 0.3) is 0 Å². The highest BCUT2D eigenvalue weighted by atomic mass is 19.1. The lowest BCUT2D eigenvalue weighted by Gasteiger charge is -1.98. The molecule has 1 heterocycles. The zero-order valence-corrected chi connectivity index (χ0v) is 6.36. The molecule has 2 heteroatoms. The highest BCUT2D eigenvalue weighted by Crippen LogP contribution is 2.18. The standard InChI is InChI=1S/C5H9FO.C2H6/c1-4-2-3-5(6)7-4;1-2/h4-5H,2-3H2,1H3;1-2H3. The van der Waals surface area contributed by atoms with Crippen LogP contribution < -0.4 is 0 Å². The van der Waals surface area contributed by atoms with Gasteiger partial charge in [0.15, 0.2) is 6.36 Å². The van der Waals surface area contributed by atoms with Gasteiger partial charge in [-0.05, 0) is 13.3 Å². The average molecular weight is 134 g/mol. The highest BCUT2D eigenvalue weighted by molar-refractivity contribution is 4.60. The molecule has 2 atom stereocenters. The number of halogens is 1. The number of ether oxygens (including phenoxy) is 1. The van der Waals surface area contributed by atoms with E-state index < -0.39 is 6.36 Å². The van der Waals surface area contributed by atoms with Crippen LogP contribution in [0.25, 0.3) is 0 Å². The fourth-order valence-electron chi connectivity index (χ4n) is 0.754. The molecule has 0 N–H and O–H groups in total. The normalized spacial score (nSPS) is 33.3. The summed E-state index contributed by atoms with van der Waals surface area (Å²) in [4.78, 5) is 0. The van der Waals surface area contributed by atoms with E-state index in [1.807, 2.05) is 20.8 Å². The molecule has 0 radical (unpaired) electrons. The molecule has 1 nitrogen and oxygen atoms in total. The predicted molar refractivity (Wildman–Crippen MR) is 36.0 cm³/mol. The third-order valence-corrected chi connectivity index (χ3v) is 1.18. The van der Waals surface area contributed by atoms with Crippen LogP contribution in [0.5, 0.6) is 0 Å². The minimum absolute atomic E-state index is 0.148. The van der Waals surface area contributed by atoms with E-state index in [0.29, 0.717) is 6.42 Å². The Hall–Kier alpha value is -0.110. The quantitative estimate of drug-likeness (QED) is 0.494. The fraction of sp³-hybridized carbons (Fsp3) is 1.00. The van der Waals surface area contributed by atoms with E-state index >= 15 is 0 Å². The maximum absolute atomic E-state index is 12.0. The van der Waals surface area contributed by atoms with Crippen molar-refractivity contribution in [2.75, 3.05) is 0 Å². The summed E-state index contributed by atoms with van der Waals surface area (Å²) in [6.45, 7) is 5.89. The summed E-state index contributed by atoms with van der Waals surface area (Å²) in [5.41, 5.74) is 0. The van der Waals surface area contributed by atoms with Crippen LogP contribution in [0.15, 0.2) is 0 Å². The van der Waals surface area contributed by atoms with Gasteiger partial charge in [0.1, 0.15) is 0 Å². The van der Waals surface area contributed by atoms with Crippen molar-refractivity contribution in [3.05, 3.63) is 0 Å². The van der Waals surface area contributed by atoms with Crippen molar-refractivity contribution in [3.63, 3.8) is 0 Å². The molecule has 0 amide bonds. The molecule has 1 aliphatic rings. The topological polar surface area (TPSA) is 9.23 Å². The van der Waals surface area contributed by atoms with Crippen LogP contribution in [-0.4, -0.2) is 12.5 Å². The van der Waals surface area contributed by atoms with Crippen LogP contribution in [0.4, 0.5) is 4.39 Å². The Bertz CT molecular complexity index is 57.9. The third kappa shape index (κ3) is 3.46. The number of rotatable bonds is 0. The summed E-state index contributed by atoms with van der Waals surface area (Å²) in [5.74, 6) is 0. The van der Waals surface area contributed by atoms with E-state index in [0.717, 1.165) is 6.42 Å². The van der Waals surface area contributed by atoms with Crippen LogP contribution in [-0.2, 0) is 4.74 Å². The Kier molecular flexibility index (Phi) is 4.68. The number of hydrogen-bond donors (Lipinski definition) is 0. The van der Waals surface area contributed by atoms with Gasteiger partial charge in [-0.2, -0.15) is 0 Å². The molecule has 1 saturated heterocycles. The third-order valence-electron chi connectivity index (χ3n) is 1.18.